The van der Waals surface area contributed by atoms with Crippen LogP contribution in [0, 0.1) is 5.82 Å². The zero-order valence-electron chi connectivity index (χ0n) is 13.9. The van der Waals surface area contributed by atoms with Crippen LogP contribution in [0.2, 0.25) is 10.0 Å². The molecule has 26 heavy (non-hydrogen) atoms. The van der Waals surface area contributed by atoms with E-state index in [0.717, 1.165) is 0 Å². The number of carbonyl (C=O) groups excluding carboxylic acids is 2. The molecule has 0 aromatic heterocycles. The van der Waals surface area contributed by atoms with Crippen LogP contribution < -0.4 is 15.5 Å². The van der Waals surface area contributed by atoms with Crippen LogP contribution in [0.5, 0.6) is 0 Å². The van der Waals surface area contributed by atoms with Gasteiger partial charge in [-0.25, -0.2) is 4.39 Å². The summed E-state index contributed by atoms with van der Waals surface area (Å²) in [5.74, 6) is -1.11. The summed E-state index contributed by atoms with van der Waals surface area (Å²) >= 11 is 11.8. The van der Waals surface area contributed by atoms with Crippen molar-refractivity contribution in [2.45, 2.75) is 13.0 Å². The summed E-state index contributed by atoms with van der Waals surface area (Å²) in [5, 5.41) is 6.00. The van der Waals surface area contributed by atoms with Gasteiger partial charge >= 0.3 is 0 Å². The molecule has 0 bridgehead atoms. The van der Waals surface area contributed by atoms with Gasteiger partial charge in [-0.15, -0.1) is 0 Å². The Morgan fingerprint density at radius 3 is 2.81 bits per heavy atom. The van der Waals surface area contributed by atoms with Gasteiger partial charge in [0.05, 0.1) is 22.9 Å². The molecular formula is C18H16Cl2FN3O2. The number of fused-ring (bicyclic) bond motifs is 1. The number of amides is 2. The Kier molecular flexibility index (Phi) is 5.46. The fourth-order valence-corrected chi connectivity index (χ4v) is 3.32. The van der Waals surface area contributed by atoms with Gasteiger partial charge in [-0.1, -0.05) is 35.3 Å². The summed E-state index contributed by atoms with van der Waals surface area (Å²) in [6.45, 7) is 1.67. The summed E-state index contributed by atoms with van der Waals surface area (Å²) in [7, 11) is 0. The Morgan fingerprint density at radius 1 is 1.31 bits per heavy atom. The fourth-order valence-electron chi connectivity index (χ4n) is 2.77. The molecule has 2 amide bonds. The average molecular weight is 396 g/mol. The second kappa shape index (κ2) is 7.61. The minimum atomic E-state index is -0.576. The van der Waals surface area contributed by atoms with Crippen LogP contribution in [0.15, 0.2) is 36.4 Å². The first-order chi connectivity index (χ1) is 12.4. The van der Waals surface area contributed by atoms with Crippen LogP contribution in [0.4, 0.5) is 15.8 Å². The van der Waals surface area contributed by atoms with Gasteiger partial charge < -0.3 is 10.6 Å². The predicted octanol–water partition coefficient (Wildman–Crippen LogP) is 3.77. The van der Waals surface area contributed by atoms with Crippen LogP contribution in [0.3, 0.4) is 0 Å². The Hall–Kier alpha value is -2.15. The molecular weight excluding hydrogens is 380 g/mol. The first-order valence-electron chi connectivity index (χ1n) is 7.94. The molecule has 1 aliphatic heterocycles. The highest BCUT2D eigenvalue weighted by Gasteiger charge is 2.26. The standard InChI is InChI=1S/C18H16Cl2FN3O2/c1-10(11-6-14(21)13(20)7-12(11)19)22-8-18(26)24-9-17(25)23-15-4-2-3-5-16(15)24/h2-7,10,22H,8-9H2,1H3,(H,23,25)/t10-/m0/s1. The smallest absolute Gasteiger partial charge is 0.244 e. The van der Waals surface area contributed by atoms with Gasteiger partial charge in [-0.05, 0) is 36.8 Å². The molecule has 1 aliphatic rings. The Labute approximate surface area is 160 Å². The van der Waals surface area contributed by atoms with Crippen LogP contribution in [0.1, 0.15) is 18.5 Å². The second-order valence-electron chi connectivity index (χ2n) is 5.94. The number of rotatable bonds is 4. The average Bonchev–Trinajstić information content (AvgIpc) is 2.61. The maximum Gasteiger partial charge on any atom is 0.244 e. The molecule has 1 heterocycles. The topological polar surface area (TPSA) is 61.4 Å². The molecule has 5 nitrogen and oxygen atoms in total. The van der Waals surface area contributed by atoms with E-state index < -0.39 is 5.82 Å². The van der Waals surface area contributed by atoms with E-state index in [1.807, 2.05) is 0 Å². The Balaban J connectivity index is 1.71. The lowest BCUT2D eigenvalue weighted by Gasteiger charge is -2.29. The third-order valence-corrected chi connectivity index (χ3v) is 4.75. The van der Waals surface area contributed by atoms with Crippen LogP contribution in [-0.4, -0.2) is 24.9 Å². The van der Waals surface area contributed by atoms with E-state index >= 15 is 0 Å². The zero-order valence-corrected chi connectivity index (χ0v) is 15.4. The number of nitrogens with zero attached hydrogens (tertiary/aromatic N) is 1. The molecule has 8 heteroatoms. The van der Waals surface area contributed by atoms with E-state index in [1.165, 1.54) is 17.0 Å². The van der Waals surface area contributed by atoms with Crippen molar-refractivity contribution in [1.82, 2.24) is 5.32 Å². The molecule has 2 aromatic carbocycles. The summed E-state index contributed by atoms with van der Waals surface area (Å²) in [4.78, 5) is 25.8. The lowest BCUT2D eigenvalue weighted by Crippen LogP contribution is -2.46. The SMILES string of the molecule is C[C@H](NCC(=O)N1CC(=O)Nc2ccccc21)c1cc(F)c(Cl)cc1Cl. The van der Waals surface area contributed by atoms with Crippen molar-refractivity contribution in [3.8, 4) is 0 Å². The minimum Gasteiger partial charge on any atom is -0.323 e. The third kappa shape index (κ3) is 3.82. The van der Waals surface area contributed by atoms with E-state index in [2.05, 4.69) is 10.6 Å². The molecule has 1 atom stereocenters. The molecule has 0 saturated carbocycles. The number of carbonyl (C=O) groups is 2. The monoisotopic (exact) mass is 395 g/mol. The summed E-state index contributed by atoms with van der Waals surface area (Å²) in [6.07, 6.45) is 0. The van der Waals surface area contributed by atoms with Crippen LogP contribution in [0.25, 0.3) is 0 Å². The molecule has 136 valence electrons. The first-order valence-corrected chi connectivity index (χ1v) is 8.69. The lowest BCUT2D eigenvalue weighted by atomic mass is 10.1. The number of benzene rings is 2. The van der Waals surface area contributed by atoms with Crippen molar-refractivity contribution < 1.29 is 14.0 Å². The lowest BCUT2D eigenvalue weighted by molar-refractivity contribution is -0.121. The van der Waals surface area contributed by atoms with E-state index in [9.17, 15) is 14.0 Å². The van der Waals surface area contributed by atoms with Crippen molar-refractivity contribution in [3.63, 3.8) is 0 Å². The van der Waals surface area contributed by atoms with E-state index in [1.54, 1.807) is 31.2 Å². The molecule has 0 unspecified atom stereocenters. The fraction of sp³-hybridized carbons (Fsp3) is 0.222. The largest absolute Gasteiger partial charge is 0.323 e. The first kappa shape index (κ1) is 18.6. The molecule has 0 radical (unpaired) electrons. The minimum absolute atomic E-state index is 0.0383. The molecule has 3 rings (SSSR count). The van der Waals surface area contributed by atoms with Crippen molar-refractivity contribution in [2.24, 2.45) is 0 Å². The Morgan fingerprint density at radius 2 is 2.04 bits per heavy atom. The van der Waals surface area contributed by atoms with E-state index in [0.29, 0.717) is 22.0 Å². The number of hydrogen-bond donors (Lipinski definition) is 2. The van der Waals surface area contributed by atoms with Gasteiger partial charge in [0.25, 0.3) is 0 Å². The molecule has 0 spiro atoms. The summed E-state index contributed by atoms with van der Waals surface area (Å²) < 4.78 is 13.7. The second-order valence-corrected chi connectivity index (χ2v) is 6.75. The quantitative estimate of drug-likeness (QED) is 0.774. The van der Waals surface area contributed by atoms with Crippen molar-refractivity contribution in [2.75, 3.05) is 23.3 Å². The summed E-state index contributed by atoms with van der Waals surface area (Å²) in [5.41, 5.74) is 1.73. The molecule has 2 N–H and O–H groups in total. The van der Waals surface area contributed by atoms with Crippen molar-refractivity contribution in [3.05, 3.63) is 57.8 Å². The highest BCUT2D eigenvalue weighted by Crippen LogP contribution is 2.30. The molecule has 0 aliphatic carbocycles. The van der Waals surface area contributed by atoms with Crippen LogP contribution >= 0.6 is 23.2 Å². The van der Waals surface area contributed by atoms with Crippen molar-refractivity contribution >= 4 is 46.4 Å². The maximum absolute atomic E-state index is 13.7. The number of halogens is 3. The van der Waals surface area contributed by atoms with Gasteiger partial charge in [0, 0.05) is 11.1 Å². The van der Waals surface area contributed by atoms with Gasteiger partial charge in [-0.2, -0.15) is 0 Å². The third-order valence-electron chi connectivity index (χ3n) is 4.14. The van der Waals surface area contributed by atoms with Gasteiger partial charge in [0.15, 0.2) is 0 Å². The van der Waals surface area contributed by atoms with Gasteiger partial charge in [0.2, 0.25) is 11.8 Å². The number of para-hydroxylation sites is 2. The highest BCUT2D eigenvalue weighted by molar-refractivity contribution is 6.35. The van der Waals surface area contributed by atoms with E-state index in [4.69, 9.17) is 23.2 Å². The number of hydrogen-bond acceptors (Lipinski definition) is 3. The van der Waals surface area contributed by atoms with Crippen molar-refractivity contribution in [1.29, 1.82) is 0 Å². The highest BCUT2D eigenvalue weighted by atomic mass is 35.5. The molecule has 2 aromatic rings. The number of nitrogens with one attached hydrogen (secondary N) is 2. The normalized spacial score (nSPS) is 14.6. The Bertz CT molecular complexity index is 876. The zero-order chi connectivity index (χ0) is 18.8. The number of anilines is 2. The predicted molar refractivity (Wildman–Crippen MR) is 100 cm³/mol. The molecule has 0 saturated heterocycles. The summed E-state index contributed by atoms with van der Waals surface area (Å²) in [6, 6.07) is 9.27. The van der Waals surface area contributed by atoms with Gasteiger partial charge in [-0.3, -0.25) is 14.5 Å². The molecule has 0 fully saturated rings. The maximum atomic E-state index is 13.7. The van der Waals surface area contributed by atoms with Crippen LogP contribution in [-0.2, 0) is 9.59 Å². The van der Waals surface area contributed by atoms with Gasteiger partial charge in [0.1, 0.15) is 12.4 Å². The van der Waals surface area contributed by atoms with E-state index in [-0.39, 0.29) is 36.0 Å².